The predicted molar refractivity (Wildman–Crippen MR) is 84.1 cm³/mol. The molecule has 0 amide bonds. The first-order chi connectivity index (χ1) is 9.94. The number of phenolic OH excluding ortho intramolecular Hbond substituents is 1. The maximum Gasteiger partial charge on any atom is 0.262 e. The summed E-state index contributed by atoms with van der Waals surface area (Å²) < 4.78 is 27.0. The predicted octanol–water partition coefficient (Wildman–Crippen LogP) is 3.71. The van der Waals surface area contributed by atoms with Crippen LogP contribution in [-0.2, 0) is 10.0 Å². The molecule has 0 aliphatic heterocycles. The van der Waals surface area contributed by atoms with Crippen LogP contribution >= 0.6 is 0 Å². The molecule has 112 valence electrons. The van der Waals surface area contributed by atoms with Crippen LogP contribution in [-0.4, -0.2) is 13.5 Å². The van der Waals surface area contributed by atoms with E-state index in [-0.39, 0.29) is 16.3 Å². The second-order valence-electron chi connectivity index (χ2n) is 5.00. The van der Waals surface area contributed by atoms with E-state index in [1.807, 2.05) is 12.1 Å². The van der Waals surface area contributed by atoms with Gasteiger partial charge in [0.15, 0.2) is 0 Å². The molecule has 0 bridgehead atoms. The van der Waals surface area contributed by atoms with E-state index in [0.717, 1.165) is 12.0 Å². The molecule has 0 heterocycles. The largest absolute Gasteiger partial charge is 0.506 e. The summed E-state index contributed by atoms with van der Waals surface area (Å²) in [6.07, 6.45) is 1.00. The summed E-state index contributed by atoms with van der Waals surface area (Å²) in [6.45, 7) is 4.19. The second-order valence-corrected chi connectivity index (χ2v) is 6.68. The quantitative estimate of drug-likeness (QED) is 0.828. The molecule has 2 aromatic carbocycles. The first kappa shape index (κ1) is 15.4. The summed E-state index contributed by atoms with van der Waals surface area (Å²) in [6, 6.07) is 13.1. The number of sulfonamides is 1. The van der Waals surface area contributed by atoms with E-state index in [0.29, 0.717) is 5.92 Å². The molecule has 0 saturated carbocycles. The van der Waals surface area contributed by atoms with Crippen LogP contribution in [0.4, 0.5) is 5.69 Å². The van der Waals surface area contributed by atoms with Crippen molar-refractivity contribution in [1.82, 2.24) is 0 Å². The van der Waals surface area contributed by atoms with Gasteiger partial charge in [0.2, 0.25) is 0 Å². The van der Waals surface area contributed by atoms with E-state index >= 15 is 0 Å². The SMILES string of the molecule is CCC(C)c1ccc(S(=O)(=O)Nc2ccccc2O)cc1. The van der Waals surface area contributed by atoms with Gasteiger partial charge in [-0.15, -0.1) is 0 Å². The molecule has 0 spiro atoms. The number of benzene rings is 2. The maximum atomic E-state index is 12.3. The van der Waals surface area contributed by atoms with Crippen LogP contribution in [0.15, 0.2) is 53.4 Å². The van der Waals surface area contributed by atoms with Crippen molar-refractivity contribution < 1.29 is 13.5 Å². The standard InChI is InChI=1S/C16H19NO3S/c1-3-12(2)13-8-10-14(11-9-13)21(19,20)17-15-6-4-5-7-16(15)18/h4-12,17-18H,3H2,1-2H3. The first-order valence-electron chi connectivity index (χ1n) is 6.85. The average Bonchev–Trinajstić information content (AvgIpc) is 2.49. The van der Waals surface area contributed by atoms with Gasteiger partial charge in [-0.1, -0.05) is 38.1 Å². The molecule has 0 aromatic heterocycles. The molecule has 5 heteroatoms. The summed E-state index contributed by atoms with van der Waals surface area (Å²) >= 11 is 0. The Morgan fingerprint density at radius 1 is 1.10 bits per heavy atom. The second kappa shape index (κ2) is 6.18. The minimum Gasteiger partial charge on any atom is -0.506 e. The molecule has 21 heavy (non-hydrogen) atoms. The van der Waals surface area contributed by atoms with Gasteiger partial charge < -0.3 is 5.11 Å². The topological polar surface area (TPSA) is 66.4 Å². The molecule has 2 N–H and O–H groups in total. The number of aromatic hydroxyl groups is 1. The molecule has 0 fully saturated rings. The smallest absolute Gasteiger partial charge is 0.262 e. The lowest BCUT2D eigenvalue weighted by molar-refractivity contribution is 0.477. The lowest BCUT2D eigenvalue weighted by Crippen LogP contribution is -2.13. The molecular formula is C16H19NO3S. The van der Waals surface area contributed by atoms with Crippen LogP contribution in [0.1, 0.15) is 31.7 Å². The Labute approximate surface area is 125 Å². The van der Waals surface area contributed by atoms with Gasteiger partial charge in [0.1, 0.15) is 5.75 Å². The van der Waals surface area contributed by atoms with Crippen LogP contribution in [0.25, 0.3) is 0 Å². The summed E-state index contributed by atoms with van der Waals surface area (Å²) in [5.74, 6) is 0.296. The molecule has 0 aliphatic carbocycles. The summed E-state index contributed by atoms with van der Waals surface area (Å²) in [5, 5.41) is 9.64. The third-order valence-electron chi connectivity index (χ3n) is 3.52. The summed E-state index contributed by atoms with van der Waals surface area (Å²) in [5.41, 5.74) is 1.28. The Hall–Kier alpha value is -2.01. The van der Waals surface area contributed by atoms with Crippen molar-refractivity contribution in [3.8, 4) is 5.75 Å². The van der Waals surface area contributed by atoms with Crippen molar-refractivity contribution in [1.29, 1.82) is 0 Å². The van der Waals surface area contributed by atoms with E-state index in [1.54, 1.807) is 24.3 Å². The first-order valence-corrected chi connectivity index (χ1v) is 8.33. The van der Waals surface area contributed by atoms with Crippen molar-refractivity contribution >= 4 is 15.7 Å². The summed E-state index contributed by atoms with van der Waals surface area (Å²) in [7, 11) is -3.70. The Morgan fingerprint density at radius 2 is 1.71 bits per heavy atom. The van der Waals surface area contributed by atoms with Crippen LogP contribution in [0.2, 0.25) is 0 Å². The highest BCUT2D eigenvalue weighted by molar-refractivity contribution is 7.92. The lowest BCUT2D eigenvalue weighted by Gasteiger charge is -2.12. The van der Waals surface area contributed by atoms with Gasteiger partial charge in [-0.3, -0.25) is 4.72 Å². The zero-order chi connectivity index (χ0) is 15.5. The Morgan fingerprint density at radius 3 is 2.29 bits per heavy atom. The fourth-order valence-corrected chi connectivity index (χ4v) is 3.05. The van der Waals surface area contributed by atoms with Crippen molar-refractivity contribution in [3.05, 3.63) is 54.1 Å². The van der Waals surface area contributed by atoms with E-state index in [1.165, 1.54) is 12.1 Å². The minimum atomic E-state index is -3.70. The number of nitrogens with one attached hydrogen (secondary N) is 1. The Bertz CT molecular complexity index is 709. The molecule has 1 atom stereocenters. The Balaban J connectivity index is 2.26. The number of anilines is 1. The van der Waals surface area contributed by atoms with E-state index < -0.39 is 10.0 Å². The fraction of sp³-hybridized carbons (Fsp3) is 0.250. The summed E-state index contributed by atoms with van der Waals surface area (Å²) in [4.78, 5) is 0.179. The van der Waals surface area contributed by atoms with Crippen molar-refractivity contribution in [3.63, 3.8) is 0 Å². The van der Waals surface area contributed by atoms with Crippen molar-refractivity contribution in [2.75, 3.05) is 4.72 Å². The molecule has 0 aliphatic rings. The van der Waals surface area contributed by atoms with Gasteiger partial charge >= 0.3 is 0 Å². The van der Waals surface area contributed by atoms with Crippen LogP contribution in [0.5, 0.6) is 5.75 Å². The minimum absolute atomic E-state index is 0.0997. The van der Waals surface area contributed by atoms with E-state index in [4.69, 9.17) is 0 Å². The number of phenols is 1. The van der Waals surface area contributed by atoms with E-state index in [2.05, 4.69) is 18.6 Å². The highest BCUT2D eigenvalue weighted by Crippen LogP contribution is 2.26. The zero-order valence-electron chi connectivity index (χ0n) is 12.1. The van der Waals surface area contributed by atoms with Crippen LogP contribution in [0, 0.1) is 0 Å². The van der Waals surface area contributed by atoms with Gasteiger partial charge in [-0.05, 0) is 42.2 Å². The average molecular weight is 305 g/mol. The molecule has 0 radical (unpaired) electrons. The number of rotatable bonds is 5. The van der Waals surface area contributed by atoms with Crippen molar-refractivity contribution in [2.45, 2.75) is 31.1 Å². The van der Waals surface area contributed by atoms with Gasteiger partial charge in [-0.25, -0.2) is 8.42 Å². The van der Waals surface area contributed by atoms with Crippen LogP contribution in [0.3, 0.4) is 0 Å². The van der Waals surface area contributed by atoms with E-state index in [9.17, 15) is 13.5 Å². The van der Waals surface area contributed by atoms with Gasteiger partial charge in [0.05, 0.1) is 10.6 Å². The zero-order valence-corrected chi connectivity index (χ0v) is 12.9. The maximum absolute atomic E-state index is 12.3. The highest BCUT2D eigenvalue weighted by Gasteiger charge is 2.16. The lowest BCUT2D eigenvalue weighted by atomic mass is 9.99. The van der Waals surface area contributed by atoms with Crippen LogP contribution < -0.4 is 4.72 Å². The molecule has 0 saturated heterocycles. The molecule has 2 rings (SSSR count). The van der Waals surface area contributed by atoms with Gasteiger partial charge in [0.25, 0.3) is 10.0 Å². The monoisotopic (exact) mass is 305 g/mol. The van der Waals surface area contributed by atoms with Gasteiger partial charge in [-0.2, -0.15) is 0 Å². The molecular weight excluding hydrogens is 286 g/mol. The number of para-hydroxylation sites is 2. The number of hydrogen-bond acceptors (Lipinski definition) is 3. The van der Waals surface area contributed by atoms with Crippen molar-refractivity contribution in [2.24, 2.45) is 0 Å². The normalized spacial score (nSPS) is 12.9. The molecule has 4 nitrogen and oxygen atoms in total. The highest BCUT2D eigenvalue weighted by atomic mass is 32.2. The molecule has 2 aromatic rings. The van der Waals surface area contributed by atoms with Gasteiger partial charge in [0, 0.05) is 0 Å². The third kappa shape index (κ3) is 3.55. The Kier molecular flexibility index (Phi) is 4.53. The number of hydrogen-bond donors (Lipinski definition) is 2. The third-order valence-corrected chi connectivity index (χ3v) is 4.90. The fourth-order valence-electron chi connectivity index (χ4n) is 1.97. The molecule has 1 unspecified atom stereocenters.